The first-order valence-corrected chi connectivity index (χ1v) is 9.61. The van der Waals surface area contributed by atoms with E-state index in [1.54, 1.807) is 0 Å². The summed E-state index contributed by atoms with van der Waals surface area (Å²) in [6.45, 7) is 4.18. The zero-order valence-corrected chi connectivity index (χ0v) is 15.9. The highest BCUT2D eigenvalue weighted by atomic mass is 79.9. The van der Waals surface area contributed by atoms with Crippen LogP contribution in [0.1, 0.15) is 57.4 Å². The molecular formula is C17H25Br2NO. The molecule has 1 aromatic rings. The van der Waals surface area contributed by atoms with Crippen LogP contribution in [-0.4, -0.2) is 22.6 Å². The first kappa shape index (κ1) is 17.3. The van der Waals surface area contributed by atoms with E-state index in [2.05, 4.69) is 43.7 Å². The van der Waals surface area contributed by atoms with Gasteiger partial charge in [-0.15, -0.1) is 0 Å². The predicted molar refractivity (Wildman–Crippen MR) is 95.7 cm³/mol. The average Bonchev–Trinajstić information content (AvgIpc) is 2.72. The molecule has 0 aromatic heterocycles. The number of hydrogen-bond donors (Lipinski definition) is 1. The van der Waals surface area contributed by atoms with Crippen LogP contribution < -0.4 is 0 Å². The van der Waals surface area contributed by atoms with Crippen molar-refractivity contribution in [1.82, 2.24) is 4.90 Å². The minimum Gasteiger partial charge on any atom is -0.506 e. The molecule has 1 saturated carbocycles. The van der Waals surface area contributed by atoms with E-state index in [4.69, 9.17) is 0 Å². The monoisotopic (exact) mass is 417 g/mol. The van der Waals surface area contributed by atoms with Gasteiger partial charge in [0, 0.05) is 22.6 Å². The average molecular weight is 419 g/mol. The van der Waals surface area contributed by atoms with Crippen LogP contribution in [0, 0.1) is 0 Å². The van der Waals surface area contributed by atoms with Gasteiger partial charge in [-0.3, -0.25) is 4.90 Å². The highest BCUT2D eigenvalue weighted by Crippen LogP contribution is 2.33. The van der Waals surface area contributed by atoms with Crippen LogP contribution >= 0.6 is 31.9 Å². The number of hydrogen-bond acceptors (Lipinski definition) is 2. The van der Waals surface area contributed by atoms with Gasteiger partial charge >= 0.3 is 0 Å². The Morgan fingerprint density at radius 2 is 1.81 bits per heavy atom. The molecule has 4 heteroatoms. The number of phenolic OH excluding ortho intramolecular Hbond substituents is 1. The third-order valence-electron chi connectivity index (χ3n) is 4.33. The Labute approximate surface area is 145 Å². The molecule has 1 fully saturated rings. The Balaban J connectivity index is 2.15. The van der Waals surface area contributed by atoms with Crippen LogP contribution in [0.3, 0.4) is 0 Å². The van der Waals surface area contributed by atoms with Gasteiger partial charge in [0.05, 0.1) is 4.47 Å². The van der Waals surface area contributed by atoms with Crippen molar-refractivity contribution in [2.24, 2.45) is 0 Å². The maximum absolute atomic E-state index is 10.3. The first-order chi connectivity index (χ1) is 10.1. The molecule has 1 N–H and O–H groups in total. The van der Waals surface area contributed by atoms with Crippen molar-refractivity contribution in [3.05, 3.63) is 26.6 Å². The summed E-state index contributed by atoms with van der Waals surface area (Å²) in [4.78, 5) is 2.57. The van der Waals surface area contributed by atoms with Crippen LogP contribution in [-0.2, 0) is 6.54 Å². The van der Waals surface area contributed by atoms with E-state index in [-0.39, 0.29) is 0 Å². The summed E-state index contributed by atoms with van der Waals surface area (Å²) < 4.78 is 1.78. The highest BCUT2D eigenvalue weighted by Gasteiger charge is 2.21. The molecule has 0 spiro atoms. The quantitative estimate of drug-likeness (QED) is 0.606. The number of benzene rings is 1. The van der Waals surface area contributed by atoms with E-state index >= 15 is 0 Å². The number of phenols is 1. The Kier molecular flexibility index (Phi) is 7.03. The number of halogens is 2. The number of aromatic hydroxyl groups is 1. The molecule has 0 aliphatic heterocycles. The predicted octanol–water partition coefficient (Wildman–Crippen LogP) is 5.85. The summed E-state index contributed by atoms with van der Waals surface area (Å²) in [5, 5.41) is 10.3. The fourth-order valence-corrected chi connectivity index (χ4v) is 4.57. The van der Waals surface area contributed by atoms with Gasteiger partial charge in [-0.1, -0.05) is 48.5 Å². The van der Waals surface area contributed by atoms with Crippen molar-refractivity contribution in [3.8, 4) is 5.75 Å². The second kappa shape index (κ2) is 8.54. The van der Waals surface area contributed by atoms with Crippen LogP contribution in [0.5, 0.6) is 5.75 Å². The van der Waals surface area contributed by atoms with Gasteiger partial charge < -0.3 is 5.11 Å². The maximum atomic E-state index is 10.3. The van der Waals surface area contributed by atoms with Crippen molar-refractivity contribution < 1.29 is 5.11 Å². The van der Waals surface area contributed by atoms with Gasteiger partial charge in [-0.05, 0) is 53.9 Å². The van der Waals surface area contributed by atoms with E-state index in [1.165, 1.54) is 38.5 Å². The van der Waals surface area contributed by atoms with Crippen LogP contribution in [0.4, 0.5) is 0 Å². The summed E-state index contributed by atoms with van der Waals surface area (Å²) in [5.41, 5.74) is 1.01. The highest BCUT2D eigenvalue weighted by molar-refractivity contribution is 9.11. The van der Waals surface area contributed by atoms with Gasteiger partial charge in [0.25, 0.3) is 0 Å². The molecule has 0 amide bonds. The first-order valence-electron chi connectivity index (χ1n) is 8.02. The van der Waals surface area contributed by atoms with E-state index in [0.717, 1.165) is 34.0 Å². The van der Waals surface area contributed by atoms with Gasteiger partial charge in [-0.2, -0.15) is 0 Å². The molecule has 0 atom stereocenters. The van der Waals surface area contributed by atoms with E-state index < -0.39 is 0 Å². The molecule has 1 aromatic carbocycles. The lowest BCUT2D eigenvalue weighted by atomic mass is 10.1. The van der Waals surface area contributed by atoms with Gasteiger partial charge in [0.1, 0.15) is 5.75 Å². The number of nitrogens with zero attached hydrogens (tertiary/aromatic N) is 1. The Bertz CT molecular complexity index is 456. The Hall–Kier alpha value is -0.0600. The lowest BCUT2D eigenvalue weighted by molar-refractivity contribution is 0.168. The molecule has 1 aliphatic rings. The smallest absolute Gasteiger partial charge is 0.134 e. The molecule has 2 rings (SSSR count). The van der Waals surface area contributed by atoms with E-state index in [1.807, 2.05) is 12.1 Å². The van der Waals surface area contributed by atoms with Gasteiger partial charge in [0.15, 0.2) is 0 Å². The Morgan fingerprint density at radius 3 is 2.43 bits per heavy atom. The fourth-order valence-electron chi connectivity index (χ4n) is 3.26. The van der Waals surface area contributed by atoms with Crippen molar-refractivity contribution >= 4 is 31.9 Å². The molecule has 2 nitrogen and oxygen atoms in total. The van der Waals surface area contributed by atoms with Gasteiger partial charge in [0.2, 0.25) is 0 Å². The SMILES string of the molecule is CCCN(Cc1cc(Br)cc(Br)c1O)C1CCCCCC1. The minimum absolute atomic E-state index is 0.382. The number of rotatable bonds is 5. The van der Waals surface area contributed by atoms with Crippen molar-refractivity contribution in [2.75, 3.05) is 6.54 Å². The third kappa shape index (κ3) is 4.97. The molecule has 118 valence electrons. The zero-order chi connectivity index (χ0) is 15.2. The van der Waals surface area contributed by atoms with Crippen molar-refractivity contribution in [3.63, 3.8) is 0 Å². The molecule has 21 heavy (non-hydrogen) atoms. The summed E-state index contributed by atoms with van der Waals surface area (Å²) in [6.07, 6.45) is 9.21. The molecule has 0 unspecified atom stereocenters. The molecule has 0 bridgehead atoms. The summed E-state index contributed by atoms with van der Waals surface area (Å²) in [7, 11) is 0. The normalized spacial score (nSPS) is 17.1. The summed E-state index contributed by atoms with van der Waals surface area (Å²) in [6, 6.07) is 4.61. The molecular weight excluding hydrogens is 394 g/mol. The summed E-state index contributed by atoms with van der Waals surface area (Å²) >= 11 is 6.96. The standard InChI is InChI=1S/C17H25Br2NO/c1-2-9-20(15-7-5-3-4-6-8-15)12-13-10-14(18)11-16(19)17(13)21/h10-11,15,21H,2-9,12H2,1H3. The van der Waals surface area contributed by atoms with Gasteiger partial charge in [-0.25, -0.2) is 0 Å². The molecule has 1 aliphatic carbocycles. The zero-order valence-electron chi connectivity index (χ0n) is 12.7. The second-order valence-corrected chi connectivity index (χ2v) is 7.78. The van der Waals surface area contributed by atoms with Crippen LogP contribution in [0.25, 0.3) is 0 Å². The second-order valence-electron chi connectivity index (χ2n) is 6.01. The van der Waals surface area contributed by atoms with E-state index in [9.17, 15) is 5.11 Å². The largest absolute Gasteiger partial charge is 0.506 e. The van der Waals surface area contributed by atoms with Crippen LogP contribution in [0.2, 0.25) is 0 Å². The summed E-state index contributed by atoms with van der Waals surface area (Å²) in [5.74, 6) is 0.382. The maximum Gasteiger partial charge on any atom is 0.134 e. The molecule has 0 radical (unpaired) electrons. The third-order valence-corrected chi connectivity index (χ3v) is 5.39. The van der Waals surface area contributed by atoms with Crippen molar-refractivity contribution in [2.45, 2.75) is 64.5 Å². The Morgan fingerprint density at radius 1 is 1.14 bits per heavy atom. The van der Waals surface area contributed by atoms with Crippen molar-refractivity contribution in [1.29, 1.82) is 0 Å². The topological polar surface area (TPSA) is 23.5 Å². The lowest BCUT2D eigenvalue weighted by Crippen LogP contribution is -2.35. The lowest BCUT2D eigenvalue weighted by Gasteiger charge is -2.31. The minimum atomic E-state index is 0.382. The van der Waals surface area contributed by atoms with E-state index in [0.29, 0.717) is 11.8 Å². The van der Waals surface area contributed by atoms with Crippen LogP contribution in [0.15, 0.2) is 21.1 Å². The molecule has 0 heterocycles. The molecule has 0 saturated heterocycles. The fraction of sp³-hybridized carbons (Fsp3) is 0.647.